The molecule has 1 amide bonds. The van der Waals surface area contributed by atoms with Crippen LogP contribution in [0, 0.1) is 5.92 Å². The number of nitrogens with one attached hydrogen (secondary N) is 1. The largest absolute Gasteiger partial charge is 0.348 e. The van der Waals surface area contributed by atoms with Crippen molar-refractivity contribution >= 4 is 5.91 Å². The molecule has 0 fully saturated rings. The van der Waals surface area contributed by atoms with Crippen LogP contribution in [-0.2, 0) is 4.79 Å². The molecule has 1 atom stereocenters. The molecule has 3 heteroatoms. The van der Waals surface area contributed by atoms with Crippen LogP contribution in [0.15, 0.2) is 30.3 Å². The van der Waals surface area contributed by atoms with Crippen LogP contribution in [-0.4, -0.2) is 12.5 Å². The third kappa shape index (κ3) is 5.03. The van der Waals surface area contributed by atoms with Crippen molar-refractivity contribution in [1.82, 2.24) is 5.32 Å². The summed E-state index contributed by atoms with van der Waals surface area (Å²) < 4.78 is 0. The van der Waals surface area contributed by atoms with Gasteiger partial charge in [0.25, 0.3) is 0 Å². The predicted octanol–water partition coefficient (Wildman–Crippen LogP) is 3.02. The van der Waals surface area contributed by atoms with Crippen LogP contribution < -0.4 is 11.1 Å². The molecule has 1 aromatic rings. The summed E-state index contributed by atoms with van der Waals surface area (Å²) in [7, 11) is 0. The minimum absolute atomic E-state index is 0.0788. The lowest BCUT2D eigenvalue weighted by atomic mass is 9.96. The molecule has 0 aromatic heterocycles. The van der Waals surface area contributed by atoms with Gasteiger partial charge in [-0.1, -0.05) is 57.0 Å². The molecule has 1 aromatic carbocycles. The van der Waals surface area contributed by atoms with Gasteiger partial charge in [-0.05, 0) is 18.4 Å². The van der Waals surface area contributed by atoms with E-state index in [0.717, 1.165) is 31.2 Å². The van der Waals surface area contributed by atoms with Gasteiger partial charge in [-0.25, -0.2) is 0 Å². The molecule has 106 valence electrons. The SMILES string of the molecule is CCCC(CCC)C(=O)NC(CN)c1ccccc1. The van der Waals surface area contributed by atoms with E-state index in [1.807, 2.05) is 30.3 Å². The van der Waals surface area contributed by atoms with Gasteiger partial charge >= 0.3 is 0 Å². The molecule has 0 spiro atoms. The first kappa shape index (κ1) is 15.7. The number of hydrogen-bond acceptors (Lipinski definition) is 2. The van der Waals surface area contributed by atoms with Gasteiger partial charge in [-0.3, -0.25) is 4.79 Å². The van der Waals surface area contributed by atoms with Crippen LogP contribution in [0.4, 0.5) is 0 Å². The normalized spacial score (nSPS) is 12.4. The third-order valence-corrected chi connectivity index (χ3v) is 3.40. The summed E-state index contributed by atoms with van der Waals surface area (Å²) in [4.78, 5) is 12.3. The van der Waals surface area contributed by atoms with E-state index < -0.39 is 0 Å². The number of carbonyl (C=O) groups is 1. The highest BCUT2D eigenvalue weighted by atomic mass is 16.1. The zero-order valence-electron chi connectivity index (χ0n) is 12.1. The number of nitrogens with two attached hydrogens (primary N) is 1. The molecule has 1 unspecified atom stereocenters. The first-order valence-corrected chi connectivity index (χ1v) is 7.28. The fourth-order valence-electron chi connectivity index (χ4n) is 2.36. The maximum absolute atomic E-state index is 12.3. The van der Waals surface area contributed by atoms with E-state index in [-0.39, 0.29) is 17.9 Å². The van der Waals surface area contributed by atoms with Crippen LogP contribution in [0.1, 0.15) is 51.1 Å². The summed E-state index contributed by atoms with van der Waals surface area (Å²) in [5.74, 6) is 0.260. The quantitative estimate of drug-likeness (QED) is 0.756. The molecule has 0 aliphatic carbocycles. The lowest BCUT2D eigenvalue weighted by Crippen LogP contribution is -2.37. The Kier molecular flexibility index (Phi) is 7.19. The van der Waals surface area contributed by atoms with Crippen LogP contribution in [0.2, 0.25) is 0 Å². The maximum atomic E-state index is 12.3. The van der Waals surface area contributed by atoms with Gasteiger partial charge in [0.05, 0.1) is 6.04 Å². The Hall–Kier alpha value is -1.35. The van der Waals surface area contributed by atoms with Crippen molar-refractivity contribution in [3.63, 3.8) is 0 Å². The number of hydrogen-bond donors (Lipinski definition) is 2. The first-order chi connectivity index (χ1) is 9.22. The Morgan fingerprint density at radius 1 is 1.16 bits per heavy atom. The van der Waals surface area contributed by atoms with Crippen LogP contribution in [0.3, 0.4) is 0 Å². The first-order valence-electron chi connectivity index (χ1n) is 7.28. The molecule has 3 N–H and O–H groups in total. The van der Waals surface area contributed by atoms with E-state index in [9.17, 15) is 4.79 Å². The molecule has 0 radical (unpaired) electrons. The van der Waals surface area contributed by atoms with Crippen molar-refractivity contribution < 1.29 is 4.79 Å². The molecular weight excluding hydrogens is 236 g/mol. The van der Waals surface area contributed by atoms with Gasteiger partial charge in [0.1, 0.15) is 0 Å². The van der Waals surface area contributed by atoms with Crippen molar-refractivity contribution in [2.24, 2.45) is 11.7 Å². The molecule has 0 saturated carbocycles. The standard InChI is InChI=1S/C16H26N2O/c1-3-8-14(9-4-2)16(19)18-15(12-17)13-10-6-5-7-11-13/h5-7,10-11,14-15H,3-4,8-9,12,17H2,1-2H3,(H,18,19). The van der Waals surface area contributed by atoms with Gasteiger partial charge in [-0.15, -0.1) is 0 Å². The Labute approximate surface area is 116 Å². The molecule has 0 bridgehead atoms. The Morgan fingerprint density at radius 2 is 1.74 bits per heavy atom. The summed E-state index contributed by atoms with van der Waals surface area (Å²) in [5, 5.41) is 3.09. The second-order valence-electron chi connectivity index (χ2n) is 4.98. The Bertz CT molecular complexity index is 358. The van der Waals surface area contributed by atoms with E-state index in [1.165, 1.54) is 0 Å². The van der Waals surface area contributed by atoms with Crippen molar-refractivity contribution in [2.75, 3.05) is 6.54 Å². The van der Waals surface area contributed by atoms with Gasteiger partial charge in [0.2, 0.25) is 5.91 Å². The molecule has 0 heterocycles. The van der Waals surface area contributed by atoms with Crippen molar-refractivity contribution in [3.8, 4) is 0 Å². The van der Waals surface area contributed by atoms with Gasteiger partial charge < -0.3 is 11.1 Å². The highest BCUT2D eigenvalue weighted by Crippen LogP contribution is 2.17. The highest BCUT2D eigenvalue weighted by Gasteiger charge is 2.20. The minimum Gasteiger partial charge on any atom is -0.348 e. The lowest BCUT2D eigenvalue weighted by Gasteiger charge is -2.21. The second kappa shape index (κ2) is 8.70. The number of rotatable bonds is 8. The molecular formula is C16H26N2O. The van der Waals surface area contributed by atoms with Gasteiger partial charge in [0, 0.05) is 12.5 Å². The highest BCUT2D eigenvalue weighted by molar-refractivity contribution is 5.79. The van der Waals surface area contributed by atoms with E-state index >= 15 is 0 Å². The fraction of sp³-hybridized carbons (Fsp3) is 0.562. The number of amides is 1. The van der Waals surface area contributed by atoms with Crippen molar-refractivity contribution in [2.45, 2.75) is 45.6 Å². The molecule has 1 rings (SSSR count). The Morgan fingerprint density at radius 3 is 2.21 bits per heavy atom. The third-order valence-electron chi connectivity index (χ3n) is 3.40. The zero-order valence-corrected chi connectivity index (χ0v) is 12.1. The summed E-state index contributed by atoms with van der Waals surface area (Å²) in [6.45, 7) is 4.67. The summed E-state index contributed by atoms with van der Waals surface area (Å²) in [6, 6.07) is 9.85. The molecule has 0 saturated heterocycles. The van der Waals surface area contributed by atoms with E-state index in [1.54, 1.807) is 0 Å². The fourth-order valence-corrected chi connectivity index (χ4v) is 2.36. The lowest BCUT2D eigenvalue weighted by molar-refractivity contribution is -0.126. The average molecular weight is 262 g/mol. The topological polar surface area (TPSA) is 55.1 Å². The van der Waals surface area contributed by atoms with Crippen molar-refractivity contribution in [1.29, 1.82) is 0 Å². The molecule has 19 heavy (non-hydrogen) atoms. The smallest absolute Gasteiger partial charge is 0.223 e. The minimum atomic E-state index is -0.0788. The van der Waals surface area contributed by atoms with Crippen LogP contribution in [0.25, 0.3) is 0 Å². The van der Waals surface area contributed by atoms with E-state index in [2.05, 4.69) is 19.2 Å². The number of benzene rings is 1. The maximum Gasteiger partial charge on any atom is 0.223 e. The summed E-state index contributed by atoms with van der Waals surface area (Å²) in [6.07, 6.45) is 3.98. The zero-order chi connectivity index (χ0) is 14.1. The molecule has 0 aliphatic rings. The summed E-state index contributed by atoms with van der Waals surface area (Å²) >= 11 is 0. The second-order valence-corrected chi connectivity index (χ2v) is 4.98. The van der Waals surface area contributed by atoms with Crippen molar-refractivity contribution in [3.05, 3.63) is 35.9 Å². The van der Waals surface area contributed by atoms with Crippen LogP contribution >= 0.6 is 0 Å². The van der Waals surface area contributed by atoms with Gasteiger partial charge in [0.15, 0.2) is 0 Å². The average Bonchev–Trinajstić information content (AvgIpc) is 2.45. The van der Waals surface area contributed by atoms with Crippen LogP contribution in [0.5, 0.6) is 0 Å². The number of carbonyl (C=O) groups excluding carboxylic acids is 1. The molecule has 0 aliphatic heterocycles. The summed E-state index contributed by atoms with van der Waals surface area (Å²) in [5.41, 5.74) is 6.86. The van der Waals surface area contributed by atoms with E-state index in [4.69, 9.17) is 5.73 Å². The van der Waals surface area contributed by atoms with Gasteiger partial charge in [-0.2, -0.15) is 0 Å². The predicted molar refractivity (Wildman–Crippen MR) is 79.7 cm³/mol. The Balaban J connectivity index is 2.66. The van der Waals surface area contributed by atoms with E-state index in [0.29, 0.717) is 6.54 Å². The monoisotopic (exact) mass is 262 g/mol. The molecule has 3 nitrogen and oxygen atoms in total.